The lowest BCUT2D eigenvalue weighted by atomic mass is 10.2. The van der Waals surface area contributed by atoms with Crippen LogP contribution in [0.5, 0.6) is 0 Å². The van der Waals surface area contributed by atoms with E-state index in [-0.39, 0.29) is 12.1 Å². The van der Waals surface area contributed by atoms with E-state index in [1.807, 2.05) is 25.8 Å². The van der Waals surface area contributed by atoms with Gasteiger partial charge in [-0.2, -0.15) is 5.10 Å². The molecule has 1 rings (SSSR count). The molecule has 1 N–H and O–H groups in total. The monoisotopic (exact) mass is 239 g/mol. The Morgan fingerprint density at radius 1 is 1.53 bits per heavy atom. The van der Waals surface area contributed by atoms with E-state index >= 15 is 0 Å². The van der Waals surface area contributed by atoms with Gasteiger partial charge in [0.2, 0.25) is 0 Å². The van der Waals surface area contributed by atoms with E-state index in [9.17, 15) is 9.90 Å². The number of aromatic nitrogens is 2. The van der Waals surface area contributed by atoms with Crippen molar-refractivity contribution in [3.63, 3.8) is 0 Å². The summed E-state index contributed by atoms with van der Waals surface area (Å²) in [6, 6.07) is 1.55. The Morgan fingerprint density at radius 3 is 2.76 bits per heavy atom. The Kier molecular flexibility index (Phi) is 5.15. The molecule has 0 bridgehead atoms. The molecular formula is C12H21N3O2. The fourth-order valence-electron chi connectivity index (χ4n) is 1.58. The summed E-state index contributed by atoms with van der Waals surface area (Å²) in [4.78, 5) is 13.7. The van der Waals surface area contributed by atoms with Crippen LogP contribution in [0.15, 0.2) is 17.1 Å². The highest BCUT2D eigenvalue weighted by atomic mass is 16.3. The average Bonchev–Trinajstić information content (AvgIpc) is 2.31. The van der Waals surface area contributed by atoms with E-state index in [2.05, 4.69) is 5.10 Å². The minimum Gasteiger partial charge on any atom is -0.391 e. The Morgan fingerprint density at radius 2 is 2.24 bits per heavy atom. The van der Waals surface area contributed by atoms with Gasteiger partial charge < -0.3 is 10.0 Å². The van der Waals surface area contributed by atoms with E-state index in [0.29, 0.717) is 6.42 Å². The fraction of sp³-hybridized carbons (Fsp3) is 0.667. The summed E-state index contributed by atoms with van der Waals surface area (Å²) < 4.78 is 1.31. The molecule has 0 saturated heterocycles. The number of aliphatic hydroxyl groups is 1. The first-order chi connectivity index (χ1) is 8.08. The highest BCUT2D eigenvalue weighted by Crippen LogP contribution is 2.06. The quantitative estimate of drug-likeness (QED) is 0.800. The molecule has 0 spiro atoms. The van der Waals surface area contributed by atoms with Crippen molar-refractivity contribution >= 4 is 5.69 Å². The van der Waals surface area contributed by atoms with Gasteiger partial charge in [-0.25, -0.2) is 4.68 Å². The molecule has 1 unspecified atom stereocenters. The van der Waals surface area contributed by atoms with Gasteiger partial charge in [0.1, 0.15) is 0 Å². The van der Waals surface area contributed by atoms with E-state index in [4.69, 9.17) is 0 Å². The maximum absolute atomic E-state index is 11.8. The predicted octanol–water partition coefficient (Wildman–Crippen LogP) is 0.860. The van der Waals surface area contributed by atoms with E-state index in [1.165, 1.54) is 4.68 Å². The summed E-state index contributed by atoms with van der Waals surface area (Å²) >= 11 is 0. The standard InChI is InChI=1S/C12H21N3O2/c1-4-6-11(16)9-15-12(17)7-10(8-13-15)14(3)5-2/h7-8,11,16H,4-6,9H2,1-3H3. The van der Waals surface area contributed by atoms with Crippen molar-refractivity contribution in [2.24, 2.45) is 0 Å². The van der Waals surface area contributed by atoms with Crippen molar-refractivity contribution in [2.45, 2.75) is 39.3 Å². The molecule has 0 fully saturated rings. The second-order valence-electron chi connectivity index (χ2n) is 4.19. The van der Waals surface area contributed by atoms with Crippen LogP contribution in [0.4, 0.5) is 5.69 Å². The first-order valence-electron chi connectivity index (χ1n) is 6.04. The van der Waals surface area contributed by atoms with Crippen LogP contribution in [0.25, 0.3) is 0 Å². The average molecular weight is 239 g/mol. The fourth-order valence-corrected chi connectivity index (χ4v) is 1.58. The molecule has 96 valence electrons. The molecule has 17 heavy (non-hydrogen) atoms. The van der Waals surface area contributed by atoms with Crippen LogP contribution in [0.3, 0.4) is 0 Å². The third kappa shape index (κ3) is 3.85. The highest BCUT2D eigenvalue weighted by molar-refractivity contribution is 5.41. The molecule has 1 aromatic heterocycles. The van der Waals surface area contributed by atoms with Crippen molar-refractivity contribution in [1.82, 2.24) is 9.78 Å². The molecule has 0 saturated carbocycles. The minimum atomic E-state index is -0.500. The minimum absolute atomic E-state index is 0.169. The molecule has 1 aromatic rings. The van der Waals surface area contributed by atoms with Gasteiger partial charge in [-0.15, -0.1) is 0 Å². The largest absolute Gasteiger partial charge is 0.391 e. The molecule has 0 aliphatic rings. The van der Waals surface area contributed by atoms with Crippen LogP contribution in [-0.4, -0.2) is 34.6 Å². The number of hydrogen-bond donors (Lipinski definition) is 1. The van der Waals surface area contributed by atoms with Crippen LogP contribution in [0.2, 0.25) is 0 Å². The zero-order valence-corrected chi connectivity index (χ0v) is 10.8. The molecule has 0 aliphatic heterocycles. The second kappa shape index (κ2) is 6.39. The smallest absolute Gasteiger partial charge is 0.268 e. The highest BCUT2D eigenvalue weighted by Gasteiger charge is 2.08. The summed E-state index contributed by atoms with van der Waals surface area (Å²) in [7, 11) is 1.91. The van der Waals surface area contributed by atoms with Crippen LogP contribution in [0.1, 0.15) is 26.7 Å². The third-order valence-electron chi connectivity index (χ3n) is 2.78. The first-order valence-corrected chi connectivity index (χ1v) is 6.04. The van der Waals surface area contributed by atoms with E-state index in [0.717, 1.165) is 18.7 Å². The van der Waals surface area contributed by atoms with Gasteiger partial charge in [0.15, 0.2) is 0 Å². The Bertz CT molecular complexity index is 403. The van der Waals surface area contributed by atoms with Gasteiger partial charge in [0, 0.05) is 19.7 Å². The molecule has 0 aliphatic carbocycles. The van der Waals surface area contributed by atoms with E-state index < -0.39 is 6.10 Å². The molecule has 1 atom stereocenters. The lowest BCUT2D eigenvalue weighted by molar-refractivity contribution is 0.137. The molecular weight excluding hydrogens is 218 g/mol. The number of rotatable bonds is 6. The van der Waals surface area contributed by atoms with Crippen molar-refractivity contribution in [3.05, 3.63) is 22.6 Å². The normalized spacial score (nSPS) is 12.5. The zero-order chi connectivity index (χ0) is 12.8. The summed E-state index contributed by atoms with van der Waals surface area (Å²) in [5.41, 5.74) is 0.636. The molecule has 0 aromatic carbocycles. The van der Waals surface area contributed by atoms with Crippen molar-refractivity contribution in [1.29, 1.82) is 0 Å². The Labute approximate surface area is 102 Å². The Balaban J connectivity index is 2.80. The van der Waals surface area contributed by atoms with Crippen molar-refractivity contribution in [2.75, 3.05) is 18.5 Å². The Hall–Kier alpha value is -1.36. The topological polar surface area (TPSA) is 58.4 Å². The zero-order valence-electron chi connectivity index (χ0n) is 10.8. The first kappa shape index (κ1) is 13.7. The molecule has 0 radical (unpaired) electrons. The van der Waals surface area contributed by atoms with Crippen LogP contribution in [0, 0.1) is 0 Å². The van der Waals surface area contributed by atoms with Crippen molar-refractivity contribution in [3.8, 4) is 0 Å². The predicted molar refractivity (Wildman–Crippen MR) is 68.4 cm³/mol. The summed E-state index contributed by atoms with van der Waals surface area (Å²) in [5.74, 6) is 0. The lowest BCUT2D eigenvalue weighted by Crippen LogP contribution is -2.29. The van der Waals surface area contributed by atoms with Crippen LogP contribution < -0.4 is 10.5 Å². The van der Waals surface area contributed by atoms with Gasteiger partial charge in [0.25, 0.3) is 5.56 Å². The van der Waals surface area contributed by atoms with E-state index in [1.54, 1.807) is 12.3 Å². The number of nitrogens with zero attached hydrogens (tertiary/aromatic N) is 3. The van der Waals surface area contributed by atoms with Gasteiger partial charge in [-0.1, -0.05) is 13.3 Å². The third-order valence-corrected chi connectivity index (χ3v) is 2.78. The SMILES string of the molecule is CCCC(O)Cn1ncc(N(C)CC)cc1=O. The van der Waals surface area contributed by atoms with Crippen LogP contribution in [-0.2, 0) is 6.54 Å². The summed E-state index contributed by atoms with van der Waals surface area (Å²) in [5, 5.41) is 13.7. The van der Waals surface area contributed by atoms with Crippen molar-refractivity contribution < 1.29 is 5.11 Å². The molecule has 5 nitrogen and oxygen atoms in total. The van der Waals surface area contributed by atoms with Gasteiger partial charge in [-0.05, 0) is 13.3 Å². The maximum atomic E-state index is 11.8. The molecule has 1 heterocycles. The van der Waals surface area contributed by atoms with Gasteiger partial charge >= 0.3 is 0 Å². The summed E-state index contributed by atoms with van der Waals surface area (Å²) in [6.07, 6.45) is 2.74. The van der Waals surface area contributed by atoms with Gasteiger partial charge in [-0.3, -0.25) is 4.79 Å². The number of aliphatic hydroxyl groups excluding tert-OH is 1. The molecule has 0 amide bonds. The van der Waals surface area contributed by atoms with Gasteiger partial charge in [0.05, 0.1) is 24.5 Å². The lowest BCUT2D eigenvalue weighted by Gasteiger charge is -2.17. The maximum Gasteiger partial charge on any atom is 0.268 e. The molecule has 5 heteroatoms. The van der Waals surface area contributed by atoms with Crippen LogP contribution >= 0.6 is 0 Å². The number of anilines is 1. The second-order valence-corrected chi connectivity index (χ2v) is 4.19. The number of hydrogen-bond acceptors (Lipinski definition) is 4. The summed E-state index contributed by atoms with van der Waals surface area (Å²) in [6.45, 7) is 5.10.